The van der Waals surface area contributed by atoms with Crippen LogP contribution in [0.3, 0.4) is 0 Å². The average Bonchev–Trinajstić information content (AvgIpc) is 2.85. The van der Waals surface area contributed by atoms with Crippen LogP contribution in [0.1, 0.15) is 27.6 Å². The molecule has 0 fully saturated rings. The summed E-state index contributed by atoms with van der Waals surface area (Å²) in [6.07, 6.45) is 0. The molecule has 0 amide bonds. The topological polar surface area (TPSA) is 80.3 Å². The van der Waals surface area contributed by atoms with Gasteiger partial charge in [-0.25, -0.2) is 9.59 Å². The summed E-state index contributed by atoms with van der Waals surface area (Å²) in [4.78, 5) is 24.7. The van der Waals surface area contributed by atoms with Crippen molar-refractivity contribution in [1.29, 1.82) is 0 Å². The van der Waals surface area contributed by atoms with Crippen LogP contribution in [-0.4, -0.2) is 45.0 Å². The van der Waals surface area contributed by atoms with Gasteiger partial charge in [0.05, 0.1) is 12.2 Å². The zero-order valence-corrected chi connectivity index (χ0v) is 18.4. The summed E-state index contributed by atoms with van der Waals surface area (Å²) in [5.41, 5.74) is 0.644. The van der Waals surface area contributed by atoms with Crippen LogP contribution < -0.4 is 14.2 Å². The van der Waals surface area contributed by atoms with Gasteiger partial charge >= 0.3 is 11.9 Å². The fourth-order valence-corrected chi connectivity index (χ4v) is 2.83. The van der Waals surface area contributed by atoms with Crippen LogP contribution in [0, 0.1) is 0 Å². The van der Waals surface area contributed by atoms with Crippen LogP contribution >= 0.6 is 0 Å². The van der Waals surface area contributed by atoms with E-state index in [2.05, 4.69) is 0 Å². The Kier molecular flexibility index (Phi) is 9.29. The van der Waals surface area contributed by atoms with E-state index in [4.69, 9.17) is 23.7 Å². The number of esters is 2. The van der Waals surface area contributed by atoms with Gasteiger partial charge in [0.2, 0.25) is 0 Å². The Labute approximate surface area is 192 Å². The van der Waals surface area contributed by atoms with E-state index in [1.54, 1.807) is 24.3 Å². The van der Waals surface area contributed by atoms with E-state index in [1.165, 1.54) is 24.3 Å². The van der Waals surface area contributed by atoms with Gasteiger partial charge in [0, 0.05) is 6.61 Å². The molecule has 0 saturated heterocycles. The molecule has 0 saturated carbocycles. The number of rotatable bonds is 12. The van der Waals surface area contributed by atoms with Crippen molar-refractivity contribution in [3.8, 4) is 17.2 Å². The van der Waals surface area contributed by atoms with Crippen molar-refractivity contribution in [2.24, 2.45) is 0 Å². The Morgan fingerprint density at radius 1 is 0.667 bits per heavy atom. The molecule has 7 nitrogen and oxygen atoms in total. The molecule has 0 aromatic heterocycles. The van der Waals surface area contributed by atoms with Gasteiger partial charge in [0.15, 0.2) is 0 Å². The Morgan fingerprint density at radius 3 is 2.12 bits per heavy atom. The zero-order chi connectivity index (χ0) is 23.3. The minimum Gasteiger partial charge on any atom is -0.490 e. The van der Waals surface area contributed by atoms with Crippen LogP contribution in [0.25, 0.3) is 0 Å². The van der Waals surface area contributed by atoms with Gasteiger partial charge < -0.3 is 23.7 Å². The number of para-hydroxylation sites is 2. The van der Waals surface area contributed by atoms with Crippen LogP contribution in [0.5, 0.6) is 17.2 Å². The minimum absolute atomic E-state index is 0.177. The van der Waals surface area contributed by atoms with Crippen LogP contribution in [-0.2, 0) is 9.47 Å². The number of carbonyl (C=O) groups excluding carboxylic acids is 2. The van der Waals surface area contributed by atoms with Crippen molar-refractivity contribution >= 4 is 11.9 Å². The van der Waals surface area contributed by atoms with Crippen molar-refractivity contribution in [1.82, 2.24) is 0 Å². The standard InChI is InChI=1S/C26H26O7/c1-2-29-16-17-32-25(27)20-12-14-22(15-13-20)33-26(28)23-10-6-7-11-24(23)31-19-18-30-21-8-4-3-5-9-21/h3-15H,2,16-19H2,1H3. The summed E-state index contributed by atoms with van der Waals surface area (Å²) in [7, 11) is 0. The Bertz CT molecular complexity index is 1020. The molecule has 3 aromatic carbocycles. The smallest absolute Gasteiger partial charge is 0.347 e. The number of ether oxygens (including phenoxy) is 5. The summed E-state index contributed by atoms with van der Waals surface area (Å²) >= 11 is 0. The van der Waals surface area contributed by atoms with Crippen molar-refractivity contribution in [2.45, 2.75) is 6.92 Å². The summed E-state index contributed by atoms with van der Waals surface area (Å²) in [6, 6.07) is 22.4. The first-order valence-corrected chi connectivity index (χ1v) is 10.6. The van der Waals surface area contributed by atoms with E-state index in [1.807, 2.05) is 37.3 Å². The second-order valence-corrected chi connectivity index (χ2v) is 6.75. The molecule has 33 heavy (non-hydrogen) atoms. The molecule has 0 radical (unpaired) electrons. The second kappa shape index (κ2) is 12.9. The lowest BCUT2D eigenvalue weighted by Gasteiger charge is -2.12. The lowest BCUT2D eigenvalue weighted by atomic mass is 10.2. The van der Waals surface area contributed by atoms with E-state index in [-0.39, 0.29) is 18.8 Å². The number of hydrogen-bond donors (Lipinski definition) is 0. The average molecular weight is 450 g/mol. The number of hydrogen-bond acceptors (Lipinski definition) is 7. The van der Waals surface area contributed by atoms with Crippen LogP contribution in [0.2, 0.25) is 0 Å². The van der Waals surface area contributed by atoms with Crippen molar-refractivity contribution in [2.75, 3.05) is 33.0 Å². The molecular formula is C26H26O7. The SMILES string of the molecule is CCOCCOC(=O)c1ccc(OC(=O)c2ccccc2OCCOc2ccccc2)cc1. The van der Waals surface area contributed by atoms with Gasteiger partial charge in [-0.2, -0.15) is 0 Å². The molecule has 172 valence electrons. The summed E-state index contributed by atoms with van der Waals surface area (Å²) in [6.45, 7) is 3.54. The molecule has 0 atom stereocenters. The van der Waals surface area contributed by atoms with Crippen molar-refractivity contribution in [3.05, 3.63) is 90.0 Å². The zero-order valence-electron chi connectivity index (χ0n) is 18.4. The molecule has 0 aliphatic carbocycles. The molecule has 3 aromatic rings. The van der Waals surface area contributed by atoms with E-state index in [0.29, 0.717) is 36.9 Å². The Balaban J connectivity index is 1.52. The first-order chi connectivity index (χ1) is 16.2. The summed E-state index contributed by atoms with van der Waals surface area (Å²) in [5, 5.41) is 0. The molecule has 0 bridgehead atoms. The first-order valence-electron chi connectivity index (χ1n) is 10.6. The van der Waals surface area contributed by atoms with Gasteiger partial charge in [-0.05, 0) is 55.5 Å². The quantitative estimate of drug-likeness (QED) is 0.227. The van der Waals surface area contributed by atoms with E-state index < -0.39 is 11.9 Å². The molecule has 0 spiro atoms. The van der Waals surface area contributed by atoms with Gasteiger partial charge in [-0.1, -0.05) is 30.3 Å². The van der Waals surface area contributed by atoms with E-state index in [9.17, 15) is 9.59 Å². The maximum Gasteiger partial charge on any atom is 0.347 e. The normalized spacial score (nSPS) is 10.3. The third-order valence-corrected chi connectivity index (χ3v) is 4.43. The van der Waals surface area contributed by atoms with Gasteiger partial charge in [0.25, 0.3) is 0 Å². The van der Waals surface area contributed by atoms with Gasteiger partial charge in [-0.3, -0.25) is 0 Å². The van der Waals surface area contributed by atoms with Crippen LogP contribution in [0.15, 0.2) is 78.9 Å². The molecule has 0 aliphatic rings. The molecule has 0 unspecified atom stereocenters. The van der Waals surface area contributed by atoms with E-state index >= 15 is 0 Å². The maximum absolute atomic E-state index is 12.7. The van der Waals surface area contributed by atoms with Gasteiger partial charge in [-0.15, -0.1) is 0 Å². The largest absolute Gasteiger partial charge is 0.490 e. The molecule has 7 heteroatoms. The highest BCUT2D eigenvalue weighted by Crippen LogP contribution is 2.21. The van der Waals surface area contributed by atoms with E-state index in [0.717, 1.165) is 5.75 Å². The molecule has 0 N–H and O–H groups in total. The van der Waals surface area contributed by atoms with Crippen molar-refractivity contribution < 1.29 is 33.3 Å². The Hall–Kier alpha value is -3.84. The second-order valence-electron chi connectivity index (χ2n) is 6.75. The fourth-order valence-electron chi connectivity index (χ4n) is 2.83. The Morgan fingerprint density at radius 2 is 1.36 bits per heavy atom. The summed E-state index contributed by atoms with van der Waals surface area (Å²) < 4.78 is 27.0. The monoisotopic (exact) mass is 450 g/mol. The minimum atomic E-state index is -0.568. The maximum atomic E-state index is 12.7. The molecular weight excluding hydrogens is 424 g/mol. The summed E-state index contributed by atoms with van der Waals surface area (Å²) in [5.74, 6) is 0.405. The van der Waals surface area contributed by atoms with Crippen molar-refractivity contribution in [3.63, 3.8) is 0 Å². The molecule has 0 heterocycles. The lowest BCUT2D eigenvalue weighted by Crippen LogP contribution is -2.14. The first kappa shape index (κ1) is 23.8. The lowest BCUT2D eigenvalue weighted by molar-refractivity contribution is 0.0335. The fraction of sp³-hybridized carbons (Fsp3) is 0.231. The predicted octanol–water partition coefficient (Wildman–Crippen LogP) is 4.56. The highest BCUT2D eigenvalue weighted by molar-refractivity contribution is 5.94. The predicted molar refractivity (Wildman–Crippen MR) is 122 cm³/mol. The third-order valence-electron chi connectivity index (χ3n) is 4.43. The van der Waals surface area contributed by atoms with Gasteiger partial charge in [0.1, 0.15) is 42.6 Å². The highest BCUT2D eigenvalue weighted by Gasteiger charge is 2.15. The molecule has 0 aliphatic heterocycles. The number of benzene rings is 3. The third kappa shape index (κ3) is 7.66. The highest BCUT2D eigenvalue weighted by atomic mass is 16.6. The van der Waals surface area contributed by atoms with Crippen LogP contribution in [0.4, 0.5) is 0 Å². The number of carbonyl (C=O) groups is 2. The molecule has 3 rings (SSSR count).